The monoisotopic (exact) mass is 341 g/mol. The molecule has 1 N–H and O–H groups in total. The maximum atomic E-state index is 3.57. The molecule has 1 aromatic rings. The molecule has 3 nitrogen and oxygen atoms in total. The van der Waals surface area contributed by atoms with Gasteiger partial charge in [-0.25, -0.2) is 0 Å². The molecule has 0 aliphatic carbocycles. The van der Waals surface area contributed by atoms with Crippen LogP contribution in [-0.4, -0.2) is 45.7 Å². The Morgan fingerprint density at radius 1 is 1.20 bits per heavy atom. The summed E-state index contributed by atoms with van der Waals surface area (Å²) in [5.41, 5.74) is 2.69. The number of rotatable bonds is 8. The summed E-state index contributed by atoms with van der Waals surface area (Å²) in [7, 11) is 6.25. The molecule has 0 amide bonds. The zero-order chi connectivity index (χ0) is 15.1. The van der Waals surface area contributed by atoms with Gasteiger partial charge in [-0.1, -0.05) is 29.8 Å². The molecule has 0 bridgehead atoms. The summed E-state index contributed by atoms with van der Waals surface area (Å²) in [4.78, 5) is 4.74. The Labute approximate surface area is 132 Å². The highest BCUT2D eigenvalue weighted by Gasteiger charge is 2.13. The highest BCUT2D eigenvalue weighted by Crippen LogP contribution is 2.25. The van der Waals surface area contributed by atoms with Crippen LogP contribution in [0.15, 0.2) is 22.7 Å². The summed E-state index contributed by atoms with van der Waals surface area (Å²) >= 11 is 3.57. The van der Waals surface area contributed by atoms with Crippen LogP contribution < -0.4 is 10.2 Å². The second-order valence-electron chi connectivity index (χ2n) is 5.95. The van der Waals surface area contributed by atoms with Gasteiger partial charge >= 0.3 is 0 Å². The maximum Gasteiger partial charge on any atom is 0.0413 e. The SMILES string of the molecule is CNCc1cc(Br)ccc1N(CCN(C)C)CC(C)C. The van der Waals surface area contributed by atoms with E-state index in [9.17, 15) is 0 Å². The summed E-state index contributed by atoms with van der Waals surface area (Å²) in [5.74, 6) is 0.656. The van der Waals surface area contributed by atoms with Crippen LogP contribution in [0.5, 0.6) is 0 Å². The lowest BCUT2D eigenvalue weighted by atomic mass is 10.1. The third-order valence-electron chi connectivity index (χ3n) is 3.15. The van der Waals surface area contributed by atoms with Crippen LogP contribution >= 0.6 is 15.9 Å². The lowest BCUT2D eigenvalue weighted by Crippen LogP contribution is -2.35. The molecular weight excluding hydrogens is 314 g/mol. The summed E-state index contributed by atoms with van der Waals surface area (Å²) in [6.45, 7) is 8.67. The summed E-state index contributed by atoms with van der Waals surface area (Å²) in [5, 5.41) is 3.27. The van der Waals surface area contributed by atoms with Gasteiger partial charge in [0.2, 0.25) is 0 Å². The Balaban J connectivity index is 2.98. The van der Waals surface area contributed by atoms with Crippen LogP contribution in [0.1, 0.15) is 19.4 Å². The lowest BCUT2D eigenvalue weighted by Gasteiger charge is -2.30. The van der Waals surface area contributed by atoms with Crippen LogP contribution in [0, 0.1) is 5.92 Å². The zero-order valence-corrected chi connectivity index (χ0v) is 15.0. The highest BCUT2D eigenvalue weighted by molar-refractivity contribution is 9.10. The first-order chi connectivity index (χ1) is 9.43. The molecule has 20 heavy (non-hydrogen) atoms. The number of likely N-dealkylation sites (N-methyl/N-ethyl adjacent to an activating group) is 1. The number of benzene rings is 1. The first-order valence-corrected chi connectivity index (χ1v) is 8.06. The van der Waals surface area contributed by atoms with Crippen molar-refractivity contribution in [2.45, 2.75) is 20.4 Å². The molecule has 0 unspecified atom stereocenters. The van der Waals surface area contributed by atoms with E-state index >= 15 is 0 Å². The van der Waals surface area contributed by atoms with E-state index in [4.69, 9.17) is 0 Å². The fourth-order valence-corrected chi connectivity index (χ4v) is 2.67. The molecule has 0 radical (unpaired) electrons. The van der Waals surface area contributed by atoms with E-state index in [0.29, 0.717) is 5.92 Å². The predicted molar refractivity (Wildman–Crippen MR) is 92.5 cm³/mol. The molecule has 0 atom stereocenters. The van der Waals surface area contributed by atoms with Crippen molar-refractivity contribution in [1.82, 2.24) is 10.2 Å². The van der Waals surface area contributed by atoms with Crippen LogP contribution in [-0.2, 0) is 6.54 Å². The second-order valence-corrected chi connectivity index (χ2v) is 6.86. The largest absolute Gasteiger partial charge is 0.370 e. The molecule has 1 aromatic carbocycles. The number of hydrogen-bond donors (Lipinski definition) is 1. The minimum absolute atomic E-state index is 0.656. The number of nitrogens with zero attached hydrogens (tertiary/aromatic N) is 2. The average Bonchev–Trinajstić information content (AvgIpc) is 2.35. The zero-order valence-electron chi connectivity index (χ0n) is 13.4. The van der Waals surface area contributed by atoms with Gasteiger partial charge in [-0.05, 0) is 50.8 Å². The molecule has 0 aliphatic heterocycles. The summed E-state index contributed by atoms with van der Waals surface area (Å²) < 4.78 is 1.14. The van der Waals surface area contributed by atoms with Crippen molar-refractivity contribution in [3.8, 4) is 0 Å². The van der Waals surface area contributed by atoms with E-state index in [2.05, 4.69) is 77.2 Å². The molecule has 0 aromatic heterocycles. The van der Waals surface area contributed by atoms with Gasteiger partial charge in [0, 0.05) is 36.3 Å². The van der Waals surface area contributed by atoms with Crippen molar-refractivity contribution in [2.75, 3.05) is 45.7 Å². The van der Waals surface area contributed by atoms with Crippen molar-refractivity contribution < 1.29 is 0 Å². The van der Waals surface area contributed by atoms with Gasteiger partial charge in [0.15, 0.2) is 0 Å². The second kappa shape index (κ2) is 8.65. The highest BCUT2D eigenvalue weighted by atomic mass is 79.9. The van der Waals surface area contributed by atoms with E-state index in [1.807, 2.05) is 7.05 Å². The Morgan fingerprint density at radius 2 is 1.90 bits per heavy atom. The Kier molecular flexibility index (Phi) is 7.56. The van der Waals surface area contributed by atoms with Crippen LogP contribution in [0.3, 0.4) is 0 Å². The van der Waals surface area contributed by atoms with Gasteiger partial charge < -0.3 is 15.1 Å². The lowest BCUT2D eigenvalue weighted by molar-refractivity contribution is 0.409. The third kappa shape index (κ3) is 5.81. The molecule has 0 saturated carbocycles. The third-order valence-corrected chi connectivity index (χ3v) is 3.65. The van der Waals surface area contributed by atoms with Gasteiger partial charge in [0.25, 0.3) is 0 Å². The molecular formula is C16H28BrN3. The first-order valence-electron chi connectivity index (χ1n) is 7.26. The summed E-state index contributed by atoms with van der Waals surface area (Å²) in [6, 6.07) is 6.58. The average molecular weight is 342 g/mol. The first kappa shape index (κ1) is 17.5. The van der Waals surface area contributed by atoms with Crippen molar-refractivity contribution >= 4 is 21.6 Å². The van der Waals surface area contributed by atoms with E-state index < -0.39 is 0 Å². The molecule has 0 spiro atoms. The van der Waals surface area contributed by atoms with Crippen molar-refractivity contribution in [3.63, 3.8) is 0 Å². The van der Waals surface area contributed by atoms with Crippen LogP contribution in [0.25, 0.3) is 0 Å². The summed E-state index contributed by atoms with van der Waals surface area (Å²) in [6.07, 6.45) is 0. The van der Waals surface area contributed by atoms with Crippen LogP contribution in [0.4, 0.5) is 5.69 Å². The predicted octanol–water partition coefficient (Wildman–Crippen LogP) is 3.19. The van der Waals surface area contributed by atoms with Gasteiger partial charge in [-0.15, -0.1) is 0 Å². The van der Waals surface area contributed by atoms with Gasteiger partial charge in [0.1, 0.15) is 0 Å². The quantitative estimate of drug-likeness (QED) is 0.783. The molecule has 0 aliphatic rings. The molecule has 4 heteroatoms. The van der Waals surface area contributed by atoms with E-state index in [1.165, 1.54) is 11.3 Å². The Morgan fingerprint density at radius 3 is 2.45 bits per heavy atom. The van der Waals surface area contributed by atoms with E-state index in [1.54, 1.807) is 0 Å². The standard InChI is InChI=1S/C16H28BrN3/c1-13(2)12-20(9-8-19(4)5)16-7-6-15(17)10-14(16)11-18-3/h6-7,10,13,18H,8-9,11-12H2,1-5H3. The minimum atomic E-state index is 0.656. The molecule has 0 fully saturated rings. The minimum Gasteiger partial charge on any atom is -0.370 e. The Hall–Kier alpha value is -0.580. The van der Waals surface area contributed by atoms with E-state index in [0.717, 1.165) is 30.7 Å². The van der Waals surface area contributed by atoms with Crippen molar-refractivity contribution in [3.05, 3.63) is 28.2 Å². The molecule has 1 rings (SSSR count). The van der Waals surface area contributed by atoms with Gasteiger partial charge in [0.05, 0.1) is 0 Å². The number of halogens is 1. The van der Waals surface area contributed by atoms with Crippen molar-refractivity contribution in [2.24, 2.45) is 5.92 Å². The number of hydrogen-bond acceptors (Lipinski definition) is 3. The Bertz CT molecular complexity index is 405. The number of anilines is 1. The van der Waals surface area contributed by atoms with Crippen LogP contribution in [0.2, 0.25) is 0 Å². The van der Waals surface area contributed by atoms with Crippen molar-refractivity contribution in [1.29, 1.82) is 0 Å². The van der Waals surface area contributed by atoms with Gasteiger partial charge in [-0.2, -0.15) is 0 Å². The molecule has 0 saturated heterocycles. The van der Waals surface area contributed by atoms with E-state index in [-0.39, 0.29) is 0 Å². The fraction of sp³-hybridized carbons (Fsp3) is 0.625. The molecule has 0 heterocycles. The number of nitrogens with one attached hydrogen (secondary N) is 1. The fourth-order valence-electron chi connectivity index (χ4n) is 2.27. The topological polar surface area (TPSA) is 18.5 Å². The normalized spacial score (nSPS) is 11.4. The smallest absolute Gasteiger partial charge is 0.0413 e. The maximum absolute atomic E-state index is 3.57. The van der Waals surface area contributed by atoms with Gasteiger partial charge in [-0.3, -0.25) is 0 Å². The molecule has 114 valence electrons.